The highest BCUT2D eigenvalue weighted by Crippen LogP contribution is 2.44. The number of fused-ring (bicyclic) bond motifs is 1. The molecule has 1 amide bonds. The Kier molecular flexibility index (Phi) is 3.29. The summed E-state index contributed by atoms with van der Waals surface area (Å²) in [5.41, 5.74) is 3.59. The maximum absolute atomic E-state index is 12.0. The predicted octanol–water partition coefficient (Wildman–Crippen LogP) is 3.05. The molecule has 4 heteroatoms. The van der Waals surface area contributed by atoms with Gasteiger partial charge in [0.1, 0.15) is 17.6 Å². The molecule has 21 heavy (non-hydrogen) atoms. The summed E-state index contributed by atoms with van der Waals surface area (Å²) >= 11 is 0. The minimum atomic E-state index is -0.174. The summed E-state index contributed by atoms with van der Waals surface area (Å²) in [4.78, 5) is 13.7. The van der Waals surface area contributed by atoms with Gasteiger partial charge in [0.2, 0.25) is 5.91 Å². The first-order chi connectivity index (χ1) is 10.1. The van der Waals surface area contributed by atoms with Gasteiger partial charge in [-0.1, -0.05) is 36.4 Å². The topological polar surface area (TPSA) is 52.6 Å². The summed E-state index contributed by atoms with van der Waals surface area (Å²) in [6.07, 6.45) is 0.514. The van der Waals surface area contributed by atoms with E-state index in [2.05, 4.69) is 5.32 Å². The molecule has 1 aliphatic heterocycles. The zero-order chi connectivity index (χ0) is 15.0. The van der Waals surface area contributed by atoms with E-state index in [4.69, 9.17) is 0 Å². The smallest absolute Gasteiger partial charge is 0.225 e. The van der Waals surface area contributed by atoms with Gasteiger partial charge in [-0.3, -0.25) is 9.69 Å². The van der Waals surface area contributed by atoms with Gasteiger partial charge in [-0.05, 0) is 24.1 Å². The summed E-state index contributed by atoms with van der Waals surface area (Å²) in [6.45, 7) is 3.49. The van der Waals surface area contributed by atoms with E-state index in [9.17, 15) is 9.90 Å². The third-order valence-corrected chi connectivity index (χ3v) is 3.84. The van der Waals surface area contributed by atoms with Gasteiger partial charge in [-0.25, -0.2) is 0 Å². The second kappa shape index (κ2) is 5.13. The molecule has 1 unspecified atom stereocenters. The summed E-state index contributed by atoms with van der Waals surface area (Å²) in [5, 5.41) is 13.5. The van der Waals surface area contributed by atoms with Crippen LogP contribution in [0.4, 0.5) is 11.4 Å². The van der Waals surface area contributed by atoms with Crippen molar-refractivity contribution in [3.05, 3.63) is 53.6 Å². The van der Waals surface area contributed by atoms with Crippen molar-refractivity contribution in [1.82, 2.24) is 0 Å². The Balaban J connectivity index is 1.99. The van der Waals surface area contributed by atoms with Gasteiger partial charge in [0, 0.05) is 13.3 Å². The summed E-state index contributed by atoms with van der Waals surface area (Å²) < 4.78 is 0. The van der Waals surface area contributed by atoms with Crippen LogP contribution in [0.3, 0.4) is 0 Å². The Hall–Kier alpha value is -2.49. The van der Waals surface area contributed by atoms with E-state index in [1.54, 1.807) is 11.0 Å². The number of nitrogens with zero attached hydrogens (tertiary/aromatic N) is 1. The standard InChI is InChI=1S/C17H18N2O2/c1-11-8-9-14(21)17-16(11)18-15(19(17)12(2)20)10-13-6-4-3-5-7-13/h3-9,15,18,21H,10H2,1-2H3. The number of rotatable bonds is 2. The third kappa shape index (κ3) is 2.33. The fourth-order valence-corrected chi connectivity index (χ4v) is 2.85. The number of nitrogens with one attached hydrogen (secondary N) is 1. The van der Waals surface area contributed by atoms with Crippen LogP contribution in [0.1, 0.15) is 18.1 Å². The van der Waals surface area contributed by atoms with Crippen molar-refractivity contribution in [3.8, 4) is 5.75 Å². The second-order valence-corrected chi connectivity index (χ2v) is 5.36. The highest BCUT2D eigenvalue weighted by atomic mass is 16.3. The fraction of sp³-hybridized carbons (Fsp3) is 0.235. The molecule has 0 aromatic heterocycles. The minimum Gasteiger partial charge on any atom is -0.506 e. The molecule has 108 valence electrons. The van der Waals surface area contributed by atoms with Gasteiger partial charge in [-0.2, -0.15) is 0 Å². The Labute approximate surface area is 124 Å². The quantitative estimate of drug-likeness (QED) is 0.890. The summed E-state index contributed by atoms with van der Waals surface area (Å²) in [5.74, 6) is 0.0527. The van der Waals surface area contributed by atoms with Gasteiger partial charge in [0.25, 0.3) is 0 Å². The lowest BCUT2D eigenvalue weighted by Crippen LogP contribution is -2.40. The lowest BCUT2D eigenvalue weighted by atomic mass is 10.1. The molecule has 4 nitrogen and oxygen atoms in total. The van der Waals surface area contributed by atoms with Crippen molar-refractivity contribution in [3.63, 3.8) is 0 Å². The van der Waals surface area contributed by atoms with Crippen LogP contribution in [0.2, 0.25) is 0 Å². The number of benzene rings is 2. The van der Waals surface area contributed by atoms with Gasteiger partial charge < -0.3 is 10.4 Å². The van der Waals surface area contributed by atoms with Gasteiger partial charge >= 0.3 is 0 Å². The van der Waals surface area contributed by atoms with Crippen molar-refractivity contribution < 1.29 is 9.90 Å². The number of carbonyl (C=O) groups excluding carboxylic acids is 1. The Morgan fingerprint density at radius 1 is 1.24 bits per heavy atom. The molecule has 2 aromatic rings. The van der Waals surface area contributed by atoms with E-state index >= 15 is 0 Å². The number of anilines is 2. The average Bonchev–Trinajstić information content (AvgIpc) is 2.84. The van der Waals surface area contributed by atoms with Crippen molar-refractivity contribution in [2.24, 2.45) is 0 Å². The second-order valence-electron chi connectivity index (χ2n) is 5.36. The van der Waals surface area contributed by atoms with E-state index in [1.807, 2.05) is 43.3 Å². The van der Waals surface area contributed by atoms with Crippen LogP contribution in [-0.2, 0) is 11.2 Å². The number of amides is 1. The molecular weight excluding hydrogens is 264 g/mol. The first-order valence-electron chi connectivity index (χ1n) is 7.00. The van der Waals surface area contributed by atoms with Crippen molar-refractivity contribution >= 4 is 17.3 Å². The van der Waals surface area contributed by atoms with E-state index in [0.29, 0.717) is 12.1 Å². The zero-order valence-electron chi connectivity index (χ0n) is 12.1. The van der Waals surface area contributed by atoms with Gasteiger partial charge in [0.15, 0.2) is 0 Å². The van der Waals surface area contributed by atoms with Crippen molar-refractivity contribution in [1.29, 1.82) is 0 Å². The van der Waals surface area contributed by atoms with Crippen LogP contribution in [0, 0.1) is 6.92 Å². The molecular formula is C17H18N2O2. The Morgan fingerprint density at radius 3 is 2.62 bits per heavy atom. The van der Waals surface area contributed by atoms with Crippen LogP contribution in [0.5, 0.6) is 5.75 Å². The van der Waals surface area contributed by atoms with E-state index in [-0.39, 0.29) is 17.8 Å². The third-order valence-electron chi connectivity index (χ3n) is 3.84. The predicted molar refractivity (Wildman–Crippen MR) is 83.6 cm³/mol. The molecule has 0 radical (unpaired) electrons. The number of aromatic hydroxyl groups is 1. The molecule has 0 saturated heterocycles. The lowest BCUT2D eigenvalue weighted by molar-refractivity contribution is -0.116. The molecule has 2 aromatic carbocycles. The molecule has 1 atom stereocenters. The first-order valence-corrected chi connectivity index (χ1v) is 7.00. The van der Waals surface area contributed by atoms with E-state index in [1.165, 1.54) is 6.92 Å². The molecule has 0 aliphatic carbocycles. The highest BCUT2D eigenvalue weighted by molar-refractivity contribution is 6.01. The maximum Gasteiger partial charge on any atom is 0.225 e. The van der Waals surface area contributed by atoms with Crippen LogP contribution in [0.15, 0.2) is 42.5 Å². The molecule has 1 aliphatic rings. The van der Waals surface area contributed by atoms with E-state index in [0.717, 1.165) is 16.8 Å². The molecule has 0 spiro atoms. The van der Waals surface area contributed by atoms with Crippen LogP contribution >= 0.6 is 0 Å². The molecule has 3 rings (SSSR count). The Morgan fingerprint density at radius 2 is 1.95 bits per heavy atom. The van der Waals surface area contributed by atoms with Crippen molar-refractivity contribution in [2.75, 3.05) is 10.2 Å². The van der Waals surface area contributed by atoms with Gasteiger partial charge in [-0.15, -0.1) is 0 Å². The largest absolute Gasteiger partial charge is 0.506 e. The lowest BCUT2D eigenvalue weighted by Gasteiger charge is -2.24. The fourth-order valence-electron chi connectivity index (χ4n) is 2.85. The molecule has 1 heterocycles. The zero-order valence-corrected chi connectivity index (χ0v) is 12.1. The summed E-state index contributed by atoms with van der Waals surface area (Å²) in [7, 11) is 0. The number of aryl methyl sites for hydroxylation is 1. The summed E-state index contributed by atoms with van der Waals surface area (Å²) in [6, 6.07) is 13.5. The minimum absolute atomic E-state index is 0.0805. The normalized spacial score (nSPS) is 16.5. The number of phenolic OH excluding ortho intramolecular Hbond substituents is 1. The average molecular weight is 282 g/mol. The number of phenols is 1. The van der Waals surface area contributed by atoms with Crippen LogP contribution in [0.25, 0.3) is 0 Å². The molecule has 0 saturated carbocycles. The monoisotopic (exact) mass is 282 g/mol. The maximum atomic E-state index is 12.0. The van der Waals surface area contributed by atoms with Gasteiger partial charge in [0.05, 0.1) is 5.69 Å². The number of hydrogen-bond donors (Lipinski definition) is 2. The molecule has 0 bridgehead atoms. The van der Waals surface area contributed by atoms with Crippen LogP contribution in [-0.4, -0.2) is 17.2 Å². The van der Waals surface area contributed by atoms with Crippen molar-refractivity contribution in [2.45, 2.75) is 26.4 Å². The van der Waals surface area contributed by atoms with E-state index < -0.39 is 0 Å². The first kappa shape index (κ1) is 13.5. The highest BCUT2D eigenvalue weighted by Gasteiger charge is 2.34. The van der Waals surface area contributed by atoms with Crippen LogP contribution < -0.4 is 10.2 Å². The number of carbonyl (C=O) groups is 1. The SMILES string of the molecule is CC(=O)N1c2c(O)ccc(C)c2NC1Cc1ccccc1. The molecule has 2 N–H and O–H groups in total. The molecule has 0 fully saturated rings. The Bertz CT molecular complexity index is 683. The number of hydrogen-bond acceptors (Lipinski definition) is 3.